The van der Waals surface area contributed by atoms with E-state index in [-0.39, 0.29) is 13.2 Å². The molecule has 0 radical (unpaired) electrons. The predicted octanol–water partition coefficient (Wildman–Crippen LogP) is 10.3. The molecule has 40 heavy (non-hydrogen) atoms. The van der Waals surface area contributed by atoms with Gasteiger partial charge in [-0.3, -0.25) is 0 Å². The summed E-state index contributed by atoms with van der Waals surface area (Å²) in [6, 6.07) is 34.7. The Labute approximate surface area is 294 Å². The van der Waals surface area contributed by atoms with Crippen molar-refractivity contribution in [2.24, 2.45) is 0 Å². The summed E-state index contributed by atoms with van der Waals surface area (Å²) < 4.78 is 208. The van der Waals surface area contributed by atoms with Crippen LogP contribution in [0.2, 0.25) is 0 Å². The Bertz CT molecular complexity index is 1860. The van der Waals surface area contributed by atoms with E-state index in [0.717, 1.165) is 61.3 Å². The number of para-hydroxylation sites is 1. The fourth-order valence-corrected chi connectivity index (χ4v) is 5.27. The second-order valence-electron chi connectivity index (χ2n) is 9.58. The molecule has 1 heterocycles. The largest absolute Gasteiger partial charge is 0.497 e. The van der Waals surface area contributed by atoms with E-state index in [4.69, 9.17) is 69.1 Å². The average Bonchev–Trinajstić information content (AvgIpc) is 3.61. The van der Waals surface area contributed by atoms with Crippen LogP contribution < -0.4 is 19.5 Å². The summed E-state index contributed by atoms with van der Waals surface area (Å²) in [7, 11) is 1.66. The maximum atomic E-state index is 9.64. The normalized spacial score (nSPS) is 15.3. The van der Waals surface area contributed by atoms with Crippen molar-refractivity contribution in [3.63, 3.8) is 0 Å². The molecular weight excluding hydrogens is 500 g/mol. The number of hydrogen-bond acceptors (Lipinski definition) is 6. The Balaban J connectivity index is -0.0000000691. The number of hydrogen-bond donors (Lipinski definition) is 3. The average molecular weight is 652 g/mol. The molecule has 7 nitrogen and oxygen atoms in total. The molecule has 6 aromatic rings. The van der Waals surface area contributed by atoms with Gasteiger partial charge in [0.15, 0.2) is 0 Å². The Morgan fingerprint density at radius 3 is 2.23 bits per heavy atom. The summed E-state index contributed by atoms with van der Waals surface area (Å²) in [5.74, 6) is 0.804. The van der Waals surface area contributed by atoms with Crippen molar-refractivity contribution in [2.75, 3.05) is 43.6 Å². The molecule has 0 amide bonds. The third kappa shape index (κ3) is 4.77. The minimum absolute atomic E-state index is 0.000921. The van der Waals surface area contributed by atoms with Crippen LogP contribution in [0.5, 0.6) is 5.75 Å². The van der Waals surface area contributed by atoms with Crippen molar-refractivity contribution in [3.8, 4) is 11.4 Å². The lowest BCUT2D eigenvalue weighted by Gasteiger charge is -2.22. The van der Waals surface area contributed by atoms with Crippen LogP contribution in [0.25, 0.3) is 38.5 Å². The third-order valence-corrected chi connectivity index (χ3v) is 7.16. The summed E-state index contributed by atoms with van der Waals surface area (Å²) in [4.78, 5) is 7.15. The molecule has 0 fully saturated rings. The number of nitrogens with one attached hydrogen (secondary N) is 1. The van der Waals surface area contributed by atoms with Gasteiger partial charge in [-0.25, -0.2) is 4.98 Å². The first-order chi connectivity index (χ1) is 39.7. The summed E-state index contributed by atoms with van der Waals surface area (Å²) in [5, 5.41) is 25.0. The van der Waals surface area contributed by atoms with Crippen molar-refractivity contribution < 1.29 is 78.9 Å². The van der Waals surface area contributed by atoms with E-state index in [9.17, 15) is 10.2 Å². The molecule has 0 aliphatic rings. The van der Waals surface area contributed by atoms with Gasteiger partial charge in [0.1, 0.15) is 16.8 Å². The Kier molecular flexibility index (Phi) is 3.19. The fourth-order valence-electron chi connectivity index (χ4n) is 5.27. The molecule has 0 atom stereocenters. The van der Waals surface area contributed by atoms with Crippen LogP contribution in [-0.4, -0.2) is 48.6 Å². The van der Waals surface area contributed by atoms with Gasteiger partial charge >= 0.3 is 0 Å². The molecule has 0 aliphatic carbocycles. The van der Waals surface area contributed by atoms with E-state index in [2.05, 4.69) is 46.3 Å². The van der Waals surface area contributed by atoms with Crippen LogP contribution in [0.3, 0.4) is 0 Å². The van der Waals surface area contributed by atoms with E-state index in [0.29, 0.717) is 13.1 Å². The molecule has 3 N–H and O–H groups in total. The van der Waals surface area contributed by atoms with Gasteiger partial charge in [0.25, 0.3) is 0 Å². The van der Waals surface area contributed by atoms with Gasteiger partial charge in [-0.1, -0.05) is 42.5 Å². The summed E-state index contributed by atoms with van der Waals surface area (Å²) in [6.45, 7) is 0.857. The highest BCUT2D eigenvalue weighted by atomic mass is 16.5. The van der Waals surface area contributed by atoms with Crippen molar-refractivity contribution in [3.05, 3.63) is 103 Å². The number of benzene rings is 5. The SMILES string of the molecule is COc1ccc(Nc2cc3c(nc4ccc(N(CCO)CCO)cc4[n+]3-c3ccccc3)c3ccccc23)cc1.[3H][3H].[3H][3H].[3H][3H].[3H][3H].[3H][3H].[3H][3H].[3H][3H].[3H][3H].[3H][3H].[3H][3H].[3H][3H].[3H][3H].[3H][3H].[3H][3H].[3H][3H].[3H][3H].[3H][3H].[3H][3H].[3H][3H].[3H][3H]. The highest BCUT2D eigenvalue weighted by Gasteiger charge is 2.23. The summed E-state index contributed by atoms with van der Waals surface area (Å²) in [6.07, 6.45) is 0. The zero-order chi connectivity index (χ0) is 67.5. The number of fused-ring (bicyclic) bond motifs is 4. The summed E-state index contributed by atoms with van der Waals surface area (Å²) >= 11 is 0. The van der Waals surface area contributed by atoms with E-state index < -0.39 is 0 Å². The van der Waals surface area contributed by atoms with Crippen molar-refractivity contribution in [1.82, 2.24) is 4.98 Å². The van der Waals surface area contributed by atoms with Gasteiger partial charge in [-0.05, 0) is 36.4 Å². The lowest BCUT2D eigenvalue weighted by molar-refractivity contribution is -0.538. The fraction of sp³-hybridized carbons (Fsp3) is 0.152. The second kappa shape index (κ2) is 11.2. The standard InChI is InChI=1S/C33H30N4O3.20H2/c1-40-26-14-11-23(12-15-26)34-30-22-32-33(28-10-6-5-9-27(28)30)35-29-16-13-25(36(17-19-38)18-20-39)21-31(29)37(32)24-7-3-2-4-8-24;;;;;;;;;;;;;;;;;;;;/h2-16,21-22,38-39H,17-20H2,1H3;20*1H/p+1/i;20*1+2T. The highest BCUT2D eigenvalue weighted by Crippen LogP contribution is 2.34. The minimum atomic E-state index is -0.000921. The van der Waals surface area contributed by atoms with Gasteiger partial charge in [0, 0.05) is 119 Å². The second-order valence-corrected chi connectivity index (χ2v) is 9.58. The molecule has 0 bridgehead atoms. The van der Waals surface area contributed by atoms with E-state index in [1.165, 1.54) is 0 Å². The Hall–Kier alpha value is -4.72. The van der Waals surface area contributed by atoms with Crippen molar-refractivity contribution >= 4 is 49.9 Å². The van der Waals surface area contributed by atoms with Gasteiger partial charge in [0.05, 0.1) is 26.0 Å². The first-order valence-electron chi connectivity index (χ1n) is 33.3. The number of aromatic nitrogens is 2. The first-order valence-corrected chi connectivity index (χ1v) is 13.3. The van der Waals surface area contributed by atoms with E-state index in [1.54, 1.807) is 7.11 Å². The molecule has 0 saturated heterocycles. The zero-order valence-corrected chi connectivity index (χ0v) is 22.3. The third-order valence-electron chi connectivity index (χ3n) is 7.16. The number of aliphatic hydroxyl groups excluding tert-OH is 2. The lowest BCUT2D eigenvalue weighted by atomic mass is 10.0. The molecule has 0 aliphatic heterocycles. The van der Waals surface area contributed by atoms with Crippen LogP contribution in [-0.2, 0) is 0 Å². The molecule has 1 aromatic heterocycles. The van der Waals surface area contributed by atoms with Crippen LogP contribution in [0, 0.1) is 0 Å². The van der Waals surface area contributed by atoms with E-state index >= 15 is 0 Å². The quantitative estimate of drug-likeness (QED) is 0.0820. The van der Waals surface area contributed by atoms with Crippen molar-refractivity contribution in [1.29, 1.82) is 0 Å². The van der Waals surface area contributed by atoms with E-state index in [1.807, 2.05) is 71.6 Å². The number of aliphatic hydroxyl groups is 2. The van der Waals surface area contributed by atoms with Gasteiger partial charge < -0.3 is 25.2 Å². The molecule has 5 aromatic carbocycles. The molecule has 240 valence electrons. The molecular formula is C33H71N4O3+. The van der Waals surface area contributed by atoms with Crippen molar-refractivity contribution in [2.45, 2.75) is 0 Å². The first kappa shape index (κ1) is 11.4. The lowest BCUT2D eigenvalue weighted by Crippen LogP contribution is -2.34. The minimum Gasteiger partial charge on any atom is -0.497 e. The number of nitrogens with zero attached hydrogens (tertiary/aromatic N) is 3. The van der Waals surface area contributed by atoms with Crippen LogP contribution in [0.1, 0.15) is 59.4 Å². The topological polar surface area (TPSA) is 81.7 Å². The zero-order valence-electron chi connectivity index (χ0n) is 62.3. The molecule has 0 unspecified atom stereocenters. The van der Waals surface area contributed by atoms with Crippen LogP contribution in [0.4, 0.5) is 17.1 Å². The van der Waals surface area contributed by atoms with Gasteiger partial charge in [-0.2, -0.15) is 0 Å². The van der Waals surface area contributed by atoms with Crippen LogP contribution >= 0.6 is 0 Å². The maximum absolute atomic E-state index is 9.64. The Morgan fingerprint density at radius 1 is 0.825 bits per heavy atom. The van der Waals surface area contributed by atoms with Gasteiger partial charge in [0.2, 0.25) is 16.7 Å². The summed E-state index contributed by atoms with van der Waals surface area (Å²) in [5.41, 5.74) is 7.51. The number of methoxy groups -OCH3 is 1. The maximum Gasteiger partial charge on any atom is 0.240 e. The molecule has 0 spiro atoms. The molecule has 7 heteroatoms. The van der Waals surface area contributed by atoms with Gasteiger partial charge in [-0.15, -0.1) is 4.57 Å². The number of rotatable bonds is 9. The number of ether oxygens (including phenoxy) is 1. The molecule has 6 rings (SSSR count). The number of anilines is 3. The van der Waals surface area contributed by atoms with Crippen LogP contribution in [0.15, 0.2) is 103 Å². The highest BCUT2D eigenvalue weighted by molar-refractivity contribution is 6.11. The Morgan fingerprint density at radius 2 is 1.52 bits per heavy atom. The predicted molar refractivity (Wildman–Crippen MR) is 203 cm³/mol. The monoisotopic (exact) mass is 652 g/mol. The smallest absolute Gasteiger partial charge is 0.240 e. The molecule has 0 saturated carbocycles.